The van der Waals surface area contributed by atoms with Crippen LogP contribution in [0.3, 0.4) is 0 Å². The van der Waals surface area contributed by atoms with Crippen LogP contribution < -0.4 is 0 Å². The molecular formula is C27H40O3. The van der Waals surface area contributed by atoms with E-state index in [4.69, 9.17) is 0 Å². The van der Waals surface area contributed by atoms with Crippen molar-refractivity contribution in [1.82, 2.24) is 0 Å². The van der Waals surface area contributed by atoms with Crippen LogP contribution in [0.2, 0.25) is 0 Å². The fourth-order valence-electron chi connectivity index (χ4n) is 5.77. The lowest BCUT2D eigenvalue weighted by Gasteiger charge is -2.42. The normalized spacial score (nSPS) is 36.4. The lowest BCUT2D eigenvalue weighted by Crippen LogP contribution is -2.32. The molecule has 3 heteroatoms. The van der Waals surface area contributed by atoms with Crippen molar-refractivity contribution < 1.29 is 15.3 Å². The molecule has 3 aliphatic rings. The van der Waals surface area contributed by atoms with Gasteiger partial charge >= 0.3 is 0 Å². The third kappa shape index (κ3) is 5.07. The quantitative estimate of drug-likeness (QED) is 0.530. The standard InChI is InChI=1S/C27H40O3/c1-18(8-6-14-26(3,4)30)23-12-13-24-20(9-7-15-27(23,24)5)10-11-21-16-22(28)17-25(29)19(21)2/h6,10-12,14,18,22,24-25,28-30H,2,7-9,13,15-17H2,1,3-5H3/b14-6+,20-10+,21-11-/t18-,22-,24+,25+,27-/m1/s1. The smallest absolute Gasteiger partial charge is 0.0811 e. The highest BCUT2D eigenvalue weighted by atomic mass is 16.3. The SMILES string of the molecule is C=C1/C(=C\C=C2/CCC[C@]3(C)C([C@H](C)C/C=C/C(C)(C)O)=CC[C@@H]23)C[C@@H](O)C[C@@H]1O. The first-order valence-corrected chi connectivity index (χ1v) is 11.6. The van der Waals surface area contributed by atoms with E-state index in [-0.39, 0.29) is 5.41 Å². The number of aliphatic hydroxyl groups excluding tert-OH is 2. The highest BCUT2D eigenvalue weighted by molar-refractivity contribution is 5.40. The summed E-state index contributed by atoms with van der Waals surface area (Å²) in [5.41, 5.74) is 4.25. The lowest BCUT2D eigenvalue weighted by atomic mass is 9.62. The summed E-state index contributed by atoms with van der Waals surface area (Å²) in [5, 5.41) is 30.1. The summed E-state index contributed by atoms with van der Waals surface area (Å²) < 4.78 is 0. The Kier molecular flexibility index (Phi) is 6.96. The van der Waals surface area contributed by atoms with Crippen molar-refractivity contribution in [2.75, 3.05) is 0 Å². The first kappa shape index (κ1) is 23.2. The largest absolute Gasteiger partial charge is 0.393 e. The van der Waals surface area contributed by atoms with Crippen molar-refractivity contribution in [3.8, 4) is 0 Å². The summed E-state index contributed by atoms with van der Waals surface area (Å²) in [6.07, 6.45) is 16.3. The van der Waals surface area contributed by atoms with Gasteiger partial charge in [-0.2, -0.15) is 0 Å². The second-order valence-electron chi connectivity index (χ2n) is 10.5. The Bertz CT molecular complexity index is 776. The molecule has 0 saturated heterocycles. The van der Waals surface area contributed by atoms with Gasteiger partial charge in [0.05, 0.1) is 17.8 Å². The minimum absolute atomic E-state index is 0.202. The maximum Gasteiger partial charge on any atom is 0.0811 e. The lowest BCUT2D eigenvalue weighted by molar-refractivity contribution is 0.0862. The maximum atomic E-state index is 10.1. The zero-order valence-corrected chi connectivity index (χ0v) is 19.2. The average molecular weight is 413 g/mol. The molecule has 3 rings (SSSR count). The molecule has 0 heterocycles. The molecule has 2 saturated carbocycles. The van der Waals surface area contributed by atoms with Crippen LogP contribution in [0, 0.1) is 17.3 Å². The summed E-state index contributed by atoms with van der Waals surface area (Å²) in [5.74, 6) is 1.00. The van der Waals surface area contributed by atoms with Gasteiger partial charge in [0.2, 0.25) is 0 Å². The van der Waals surface area contributed by atoms with Crippen LogP contribution in [0.15, 0.2) is 59.3 Å². The van der Waals surface area contributed by atoms with Crippen LogP contribution in [0.25, 0.3) is 0 Å². The topological polar surface area (TPSA) is 60.7 Å². The van der Waals surface area contributed by atoms with Gasteiger partial charge in [-0.15, -0.1) is 0 Å². The summed E-state index contributed by atoms with van der Waals surface area (Å²) in [6.45, 7) is 12.4. The summed E-state index contributed by atoms with van der Waals surface area (Å²) in [7, 11) is 0. The van der Waals surface area contributed by atoms with Gasteiger partial charge in [0.25, 0.3) is 0 Å². The zero-order valence-electron chi connectivity index (χ0n) is 19.2. The number of hydrogen-bond acceptors (Lipinski definition) is 3. The van der Waals surface area contributed by atoms with Gasteiger partial charge in [-0.05, 0) is 80.8 Å². The minimum Gasteiger partial charge on any atom is -0.393 e. The zero-order chi connectivity index (χ0) is 22.1. The number of rotatable bonds is 5. The maximum absolute atomic E-state index is 10.1. The average Bonchev–Trinajstić information content (AvgIpc) is 3.00. The molecule has 30 heavy (non-hydrogen) atoms. The van der Waals surface area contributed by atoms with Gasteiger partial charge in [0, 0.05) is 6.42 Å². The second-order valence-corrected chi connectivity index (χ2v) is 10.5. The van der Waals surface area contributed by atoms with E-state index >= 15 is 0 Å². The molecule has 0 aromatic rings. The van der Waals surface area contributed by atoms with E-state index < -0.39 is 17.8 Å². The molecule has 3 nitrogen and oxygen atoms in total. The van der Waals surface area contributed by atoms with Crippen LogP contribution in [0.4, 0.5) is 0 Å². The molecular weight excluding hydrogens is 372 g/mol. The first-order chi connectivity index (χ1) is 14.0. The van der Waals surface area contributed by atoms with E-state index in [9.17, 15) is 15.3 Å². The third-order valence-corrected chi connectivity index (χ3v) is 7.42. The molecule has 0 spiro atoms. The molecule has 0 aromatic heterocycles. The van der Waals surface area contributed by atoms with Crippen molar-refractivity contribution in [3.05, 3.63) is 59.3 Å². The predicted molar refractivity (Wildman–Crippen MR) is 124 cm³/mol. The van der Waals surface area contributed by atoms with Gasteiger partial charge in [-0.25, -0.2) is 0 Å². The minimum atomic E-state index is -0.755. The van der Waals surface area contributed by atoms with Gasteiger partial charge in [0.1, 0.15) is 0 Å². The third-order valence-electron chi connectivity index (χ3n) is 7.42. The Labute approximate surface area is 182 Å². The van der Waals surface area contributed by atoms with Crippen LogP contribution in [0.5, 0.6) is 0 Å². The second kappa shape index (κ2) is 8.98. The molecule has 2 fully saturated rings. The van der Waals surface area contributed by atoms with Crippen LogP contribution in [0.1, 0.15) is 72.6 Å². The van der Waals surface area contributed by atoms with Gasteiger partial charge < -0.3 is 15.3 Å². The Morgan fingerprint density at radius 2 is 2.03 bits per heavy atom. The van der Waals surface area contributed by atoms with Crippen molar-refractivity contribution >= 4 is 0 Å². The molecule has 0 aliphatic heterocycles. The number of allylic oxidation sites excluding steroid dienone is 6. The molecule has 3 N–H and O–H groups in total. The van der Waals surface area contributed by atoms with Gasteiger partial charge in [-0.1, -0.05) is 62.0 Å². The number of fused-ring (bicyclic) bond motifs is 1. The molecule has 0 unspecified atom stereocenters. The fourth-order valence-corrected chi connectivity index (χ4v) is 5.77. The first-order valence-electron chi connectivity index (χ1n) is 11.6. The predicted octanol–water partition coefficient (Wildman–Crippen LogP) is 5.40. The van der Waals surface area contributed by atoms with Gasteiger partial charge in [0.15, 0.2) is 0 Å². The molecule has 0 radical (unpaired) electrons. The Morgan fingerprint density at radius 1 is 1.30 bits per heavy atom. The molecule has 166 valence electrons. The Morgan fingerprint density at radius 3 is 2.73 bits per heavy atom. The number of hydrogen-bond donors (Lipinski definition) is 3. The molecule has 0 aromatic carbocycles. The summed E-state index contributed by atoms with van der Waals surface area (Å²) in [4.78, 5) is 0. The van der Waals surface area contributed by atoms with Crippen molar-refractivity contribution in [2.45, 2.75) is 90.4 Å². The van der Waals surface area contributed by atoms with E-state index in [0.717, 1.165) is 30.4 Å². The van der Waals surface area contributed by atoms with E-state index in [0.29, 0.717) is 24.7 Å². The molecule has 0 amide bonds. The van der Waals surface area contributed by atoms with E-state index in [1.807, 2.05) is 19.9 Å². The van der Waals surface area contributed by atoms with E-state index in [1.165, 1.54) is 18.4 Å². The van der Waals surface area contributed by atoms with Crippen molar-refractivity contribution in [1.29, 1.82) is 0 Å². The Hall–Kier alpha value is -1.42. The Balaban J connectivity index is 1.75. The van der Waals surface area contributed by atoms with Crippen LogP contribution in [-0.2, 0) is 0 Å². The number of aliphatic hydroxyl groups is 3. The molecule has 5 atom stereocenters. The van der Waals surface area contributed by atoms with Gasteiger partial charge in [-0.3, -0.25) is 0 Å². The highest BCUT2D eigenvalue weighted by Gasteiger charge is 2.45. The monoisotopic (exact) mass is 412 g/mol. The fraction of sp³-hybridized carbons (Fsp3) is 0.630. The van der Waals surface area contributed by atoms with Crippen LogP contribution >= 0.6 is 0 Å². The van der Waals surface area contributed by atoms with Crippen molar-refractivity contribution in [3.63, 3.8) is 0 Å². The summed E-state index contributed by atoms with van der Waals surface area (Å²) in [6, 6.07) is 0. The summed E-state index contributed by atoms with van der Waals surface area (Å²) >= 11 is 0. The van der Waals surface area contributed by atoms with E-state index in [2.05, 4.69) is 44.7 Å². The molecule has 3 aliphatic carbocycles. The van der Waals surface area contributed by atoms with E-state index in [1.54, 1.807) is 5.57 Å². The molecule has 0 bridgehead atoms. The highest BCUT2D eigenvalue weighted by Crippen LogP contribution is 2.56. The van der Waals surface area contributed by atoms with Crippen LogP contribution in [-0.4, -0.2) is 33.1 Å². The van der Waals surface area contributed by atoms with Crippen molar-refractivity contribution in [2.24, 2.45) is 17.3 Å².